The van der Waals surface area contributed by atoms with Gasteiger partial charge in [0, 0.05) is 25.6 Å². The average molecular weight is 284 g/mol. The van der Waals surface area contributed by atoms with Crippen molar-refractivity contribution in [3.05, 3.63) is 0 Å². The van der Waals surface area contributed by atoms with E-state index in [-0.39, 0.29) is 18.7 Å². The maximum Gasteiger partial charge on any atom is 0.314 e. The Morgan fingerprint density at radius 1 is 1.30 bits per heavy atom. The van der Waals surface area contributed by atoms with Gasteiger partial charge < -0.3 is 20.5 Å². The Bertz CT molecular complexity index is 366. The highest BCUT2D eigenvalue weighted by Crippen LogP contribution is 2.37. The highest BCUT2D eigenvalue weighted by atomic mass is 16.5. The van der Waals surface area contributed by atoms with Gasteiger partial charge in [-0.2, -0.15) is 0 Å². The third-order valence-electron chi connectivity index (χ3n) is 4.66. The summed E-state index contributed by atoms with van der Waals surface area (Å²) in [7, 11) is 0. The van der Waals surface area contributed by atoms with Crippen LogP contribution in [0.5, 0.6) is 0 Å². The number of carbonyl (C=O) groups is 2. The normalized spacial score (nSPS) is 28.2. The minimum absolute atomic E-state index is 0.176. The lowest BCUT2D eigenvalue weighted by molar-refractivity contribution is -0.148. The molecule has 2 fully saturated rings. The van der Waals surface area contributed by atoms with Gasteiger partial charge in [0.1, 0.15) is 0 Å². The summed E-state index contributed by atoms with van der Waals surface area (Å²) < 4.78 is 5.44. The van der Waals surface area contributed by atoms with Crippen molar-refractivity contribution in [2.75, 3.05) is 19.7 Å². The van der Waals surface area contributed by atoms with Gasteiger partial charge in [0.05, 0.1) is 11.5 Å². The van der Waals surface area contributed by atoms with Crippen molar-refractivity contribution in [3.63, 3.8) is 0 Å². The molecule has 1 heterocycles. The summed E-state index contributed by atoms with van der Waals surface area (Å²) in [4.78, 5) is 23.1. The second-order valence-corrected chi connectivity index (χ2v) is 5.98. The van der Waals surface area contributed by atoms with Crippen LogP contribution in [0.15, 0.2) is 0 Å². The molecule has 1 aliphatic heterocycles. The predicted octanol–water partition coefficient (Wildman–Crippen LogP) is 1.36. The summed E-state index contributed by atoms with van der Waals surface area (Å²) in [6.45, 7) is 3.55. The summed E-state index contributed by atoms with van der Waals surface area (Å²) >= 11 is 0. The Labute approximate surface area is 119 Å². The average Bonchev–Trinajstić information content (AvgIpc) is 3.04. The first-order chi connectivity index (χ1) is 9.53. The van der Waals surface area contributed by atoms with E-state index in [1.807, 2.05) is 6.92 Å². The molecule has 0 aromatic carbocycles. The van der Waals surface area contributed by atoms with Gasteiger partial charge in [-0.1, -0.05) is 12.8 Å². The zero-order chi connectivity index (χ0) is 14.6. The first-order valence-electron chi connectivity index (χ1n) is 7.40. The highest BCUT2D eigenvalue weighted by Gasteiger charge is 2.41. The van der Waals surface area contributed by atoms with Gasteiger partial charge >= 0.3 is 12.0 Å². The van der Waals surface area contributed by atoms with Crippen LogP contribution in [0.1, 0.15) is 39.0 Å². The zero-order valence-corrected chi connectivity index (χ0v) is 12.0. The second kappa shape index (κ2) is 6.43. The number of ether oxygens (including phenoxy) is 1. The van der Waals surface area contributed by atoms with Gasteiger partial charge in [0.2, 0.25) is 0 Å². The van der Waals surface area contributed by atoms with Gasteiger partial charge in [-0.15, -0.1) is 0 Å². The van der Waals surface area contributed by atoms with Crippen molar-refractivity contribution in [1.29, 1.82) is 0 Å². The number of amides is 2. The molecule has 0 aromatic rings. The molecule has 20 heavy (non-hydrogen) atoms. The number of carbonyl (C=O) groups excluding carboxylic acids is 1. The predicted molar refractivity (Wildman–Crippen MR) is 73.5 cm³/mol. The number of hydrogen-bond acceptors (Lipinski definition) is 3. The van der Waals surface area contributed by atoms with E-state index in [9.17, 15) is 14.7 Å². The number of rotatable bonds is 5. The van der Waals surface area contributed by atoms with E-state index in [1.54, 1.807) is 0 Å². The number of carboxylic acids is 1. The van der Waals surface area contributed by atoms with Crippen LogP contribution in [0, 0.1) is 11.3 Å². The fraction of sp³-hybridized carbons (Fsp3) is 0.857. The topological polar surface area (TPSA) is 87.7 Å². The molecule has 2 amide bonds. The Morgan fingerprint density at radius 2 is 2.00 bits per heavy atom. The summed E-state index contributed by atoms with van der Waals surface area (Å²) in [5.41, 5.74) is -0.763. The molecule has 2 aliphatic rings. The van der Waals surface area contributed by atoms with Gasteiger partial charge in [-0.05, 0) is 26.2 Å². The molecule has 2 unspecified atom stereocenters. The second-order valence-electron chi connectivity index (χ2n) is 5.98. The maximum absolute atomic E-state index is 11.8. The number of nitrogens with one attached hydrogen (secondary N) is 2. The molecule has 3 N–H and O–H groups in total. The SMILES string of the molecule is CC1OCCC1CNC(=O)NCC1(C(=O)O)CCCC1. The van der Waals surface area contributed by atoms with Crippen molar-refractivity contribution >= 4 is 12.0 Å². The van der Waals surface area contributed by atoms with Crippen LogP contribution in [-0.2, 0) is 9.53 Å². The number of carboxylic acid groups (broad SMARTS) is 1. The molecule has 6 heteroatoms. The van der Waals surface area contributed by atoms with Crippen molar-refractivity contribution in [2.45, 2.75) is 45.1 Å². The minimum atomic E-state index is -0.798. The van der Waals surface area contributed by atoms with E-state index < -0.39 is 11.4 Å². The maximum atomic E-state index is 11.8. The summed E-state index contributed by atoms with van der Waals surface area (Å²) in [6.07, 6.45) is 4.28. The molecular weight excluding hydrogens is 260 g/mol. The summed E-state index contributed by atoms with van der Waals surface area (Å²) in [5.74, 6) is -0.450. The van der Waals surface area contributed by atoms with Gasteiger partial charge in [0.15, 0.2) is 0 Å². The van der Waals surface area contributed by atoms with Gasteiger partial charge in [-0.25, -0.2) is 4.79 Å². The smallest absolute Gasteiger partial charge is 0.314 e. The molecule has 0 radical (unpaired) electrons. The number of aliphatic carboxylic acids is 1. The van der Waals surface area contributed by atoms with E-state index in [2.05, 4.69) is 10.6 Å². The van der Waals surface area contributed by atoms with Crippen LogP contribution in [0.2, 0.25) is 0 Å². The molecule has 1 saturated heterocycles. The molecule has 6 nitrogen and oxygen atoms in total. The Hall–Kier alpha value is -1.30. The highest BCUT2D eigenvalue weighted by molar-refractivity contribution is 5.78. The lowest BCUT2D eigenvalue weighted by Gasteiger charge is -2.24. The summed E-state index contributed by atoms with van der Waals surface area (Å²) in [5, 5.41) is 14.9. The molecule has 2 rings (SSSR count). The Morgan fingerprint density at radius 3 is 2.55 bits per heavy atom. The molecule has 114 valence electrons. The summed E-state index contributed by atoms with van der Waals surface area (Å²) in [6, 6.07) is -0.281. The molecule has 1 saturated carbocycles. The van der Waals surface area contributed by atoms with E-state index in [4.69, 9.17) is 4.74 Å². The Kier molecular flexibility index (Phi) is 4.86. The molecule has 0 spiro atoms. The monoisotopic (exact) mass is 284 g/mol. The third-order valence-corrected chi connectivity index (χ3v) is 4.66. The van der Waals surface area contributed by atoms with Crippen LogP contribution in [0.4, 0.5) is 4.79 Å². The molecule has 1 aliphatic carbocycles. The van der Waals surface area contributed by atoms with Crippen LogP contribution in [0.25, 0.3) is 0 Å². The van der Waals surface area contributed by atoms with Gasteiger partial charge in [0.25, 0.3) is 0 Å². The van der Waals surface area contributed by atoms with Crippen molar-refractivity contribution in [1.82, 2.24) is 10.6 Å². The first-order valence-corrected chi connectivity index (χ1v) is 7.40. The fourth-order valence-electron chi connectivity index (χ4n) is 3.10. The molecule has 2 atom stereocenters. The van der Waals surface area contributed by atoms with Crippen molar-refractivity contribution < 1.29 is 19.4 Å². The number of urea groups is 1. The van der Waals surface area contributed by atoms with Crippen LogP contribution in [0.3, 0.4) is 0 Å². The lowest BCUT2D eigenvalue weighted by atomic mass is 9.86. The van der Waals surface area contributed by atoms with Crippen molar-refractivity contribution in [2.24, 2.45) is 11.3 Å². The van der Waals surface area contributed by atoms with Crippen LogP contribution < -0.4 is 10.6 Å². The van der Waals surface area contributed by atoms with E-state index in [0.717, 1.165) is 25.9 Å². The van der Waals surface area contributed by atoms with Gasteiger partial charge in [-0.3, -0.25) is 4.79 Å². The lowest BCUT2D eigenvalue weighted by Crippen LogP contribution is -2.46. The standard InChI is InChI=1S/C14H24N2O4/c1-10-11(4-7-20-10)8-15-13(19)16-9-14(12(17)18)5-2-3-6-14/h10-11H,2-9H2,1H3,(H,17,18)(H2,15,16,19). The van der Waals surface area contributed by atoms with E-state index in [1.165, 1.54) is 0 Å². The Balaban J connectivity index is 1.73. The molecular formula is C14H24N2O4. The molecule has 0 aromatic heterocycles. The molecule has 0 bridgehead atoms. The van der Waals surface area contributed by atoms with Crippen molar-refractivity contribution in [3.8, 4) is 0 Å². The van der Waals surface area contributed by atoms with E-state index in [0.29, 0.717) is 25.3 Å². The van der Waals surface area contributed by atoms with Crippen LogP contribution in [-0.4, -0.2) is 42.9 Å². The minimum Gasteiger partial charge on any atom is -0.481 e. The van der Waals surface area contributed by atoms with Crippen LogP contribution >= 0.6 is 0 Å². The quantitative estimate of drug-likeness (QED) is 0.711. The first kappa shape index (κ1) is 15.1. The zero-order valence-electron chi connectivity index (χ0n) is 12.0. The fourth-order valence-corrected chi connectivity index (χ4v) is 3.10. The largest absolute Gasteiger partial charge is 0.481 e. The number of hydrogen-bond donors (Lipinski definition) is 3. The third kappa shape index (κ3) is 3.42. The van der Waals surface area contributed by atoms with E-state index >= 15 is 0 Å².